The molecule has 1 heterocycles. The van der Waals surface area contributed by atoms with Crippen molar-refractivity contribution in [2.24, 2.45) is 0 Å². The van der Waals surface area contributed by atoms with Crippen molar-refractivity contribution in [3.8, 4) is 0 Å². The van der Waals surface area contributed by atoms with Gasteiger partial charge in [0.2, 0.25) is 0 Å². The molecule has 0 aromatic heterocycles. The predicted octanol–water partition coefficient (Wildman–Crippen LogP) is 3.94. The van der Waals surface area contributed by atoms with Crippen molar-refractivity contribution in [2.75, 3.05) is 19.8 Å². The highest BCUT2D eigenvalue weighted by Crippen LogP contribution is 2.32. The molecule has 0 atom stereocenters. The molecule has 2 amide bonds. The van der Waals surface area contributed by atoms with Gasteiger partial charge in [0.05, 0.1) is 11.6 Å². The van der Waals surface area contributed by atoms with Crippen LogP contribution in [0.3, 0.4) is 0 Å². The second kappa shape index (κ2) is 8.26. The number of amides is 2. The molecule has 2 rings (SSSR count). The minimum absolute atomic E-state index is 0.269. The van der Waals surface area contributed by atoms with Gasteiger partial charge in [-0.1, -0.05) is 26.0 Å². The molecular formula is C17H21FN2O2S. The molecule has 0 unspecified atom stereocenters. The number of thioether (sulfide) groups is 1. The standard InChI is InChI=1S/C17H21FN2O2S/c1-3-8-19(9-4-2)12-20-16(21)15(23-17(20)22)11-13-6-5-7-14(18)10-13/h5-7,10-11H,3-4,8-9,12H2,1-2H3/b15-11+. The van der Waals surface area contributed by atoms with Gasteiger partial charge in [0.1, 0.15) is 5.82 Å². The molecule has 1 fully saturated rings. The molecule has 0 spiro atoms. The Hall–Kier alpha value is -1.66. The van der Waals surface area contributed by atoms with Gasteiger partial charge in [0, 0.05) is 0 Å². The van der Waals surface area contributed by atoms with Crippen molar-refractivity contribution in [3.05, 3.63) is 40.6 Å². The highest BCUT2D eigenvalue weighted by Gasteiger charge is 2.35. The van der Waals surface area contributed by atoms with Crippen molar-refractivity contribution in [1.29, 1.82) is 0 Å². The fraction of sp³-hybridized carbons (Fsp3) is 0.412. The summed E-state index contributed by atoms with van der Waals surface area (Å²) in [6.45, 7) is 6.14. The average Bonchev–Trinajstić information content (AvgIpc) is 2.75. The second-order valence-corrected chi connectivity index (χ2v) is 6.42. The fourth-order valence-electron chi connectivity index (χ4n) is 2.46. The summed E-state index contributed by atoms with van der Waals surface area (Å²) in [4.78, 5) is 28.3. The Balaban J connectivity index is 2.13. The fourth-order valence-corrected chi connectivity index (χ4v) is 3.29. The van der Waals surface area contributed by atoms with E-state index in [1.54, 1.807) is 18.2 Å². The van der Waals surface area contributed by atoms with E-state index in [1.807, 2.05) is 0 Å². The Labute approximate surface area is 140 Å². The summed E-state index contributed by atoms with van der Waals surface area (Å²) in [6.07, 6.45) is 3.50. The lowest BCUT2D eigenvalue weighted by molar-refractivity contribution is -0.124. The Kier molecular flexibility index (Phi) is 6.36. The minimum atomic E-state index is -0.366. The van der Waals surface area contributed by atoms with E-state index in [4.69, 9.17) is 0 Å². The first-order valence-corrected chi connectivity index (χ1v) is 8.60. The van der Waals surface area contributed by atoms with Gasteiger partial charge in [-0.2, -0.15) is 0 Å². The number of carbonyl (C=O) groups is 2. The van der Waals surface area contributed by atoms with Crippen LogP contribution in [0.25, 0.3) is 6.08 Å². The molecule has 0 N–H and O–H groups in total. The van der Waals surface area contributed by atoms with Crippen molar-refractivity contribution >= 4 is 29.0 Å². The van der Waals surface area contributed by atoms with E-state index >= 15 is 0 Å². The summed E-state index contributed by atoms with van der Waals surface area (Å²) < 4.78 is 13.2. The molecule has 0 bridgehead atoms. The number of hydrogen-bond donors (Lipinski definition) is 0. The lowest BCUT2D eigenvalue weighted by Crippen LogP contribution is -2.41. The van der Waals surface area contributed by atoms with Gasteiger partial charge in [-0.25, -0.2) is 4.39 Å². The van der Waals surface area contributed by atoms with E-state index < -0.39 is 0 Å². The van der Waals surface area contributed by atoms with Crippen molar-refractivity contribution in [3.63, 3.8) is 0 Å². The molecule has 1 saturated heterocycles. The monoisotopic (exact) mass is 336 g/mol. The quantitative estimate of drug-likeness (QED) is 0.707. The predicted molar refractivity (Wildman–Crippen MR) is 91.2 cm³/mol. The van der Waals surface area contributed by atoms with E-state index in [1.165, 1.54) is 17.0 Å². The third kappa shape index (κ3) is 4.65. The molecule has 0 saturated carbocycles. The van der Waals surface area contributed by atoms with Crippen LogP contribution in [-0.4, -0.2) is 40.7 Å². The highest BCUT2D eigenvalue weighted by atomic mass is 32.2. The van der Waals surface area contributed by atoms with Crippen molar-refractivity contribution < 1.29 is 14.0 Å². The zero-order chi connectivity index (χ0) is 16.8. The molecule has 1 aromatic rings. The number of imide groups is 1. The van der Waals surface area contributed by atoms with E-state index in [0.29, 0.717) is 17.1 Å². The van der Waals surface area contributed by atoms with Crippen LogP contribution in [0.1, 0.15) is 32.3 Å². The van der Waals surface area contributed by atoms with Crippen LogP contribution in [0.15, 0.2) is 29.2 Å². The van der Waals surface area contributed by atoms with Gasteiger partial charge < -0.3 is 0 Å². The van der Waals surface area contributed by atoms with Crippen LogP contribution in [0.2, 0.25) is 0 Å². The average molecular weight is 336 g/mol. The number of benzene rings is 1. The van der Waals surface area contributed by atoms with E-state index in [9.17, 15) is 14.0 Å². The molecule has 0 radical (unpaired) electrons. The summed E-state index contributed by atoms with van der Waals surface area (Å²) >= 11 is 0.910. The van der Waals surface area contributed by atoms with E-state index in [0.717, 1.165) is 37.7 Å². The topological polar surface area (TPSA) is 40.6 Å². The van der Waals surface area contributed by atoms with Crippen molar-refractivity contribution in [1.82, 2.24) is 9.80 Å². The van der Waals surface area contributed by atoms with Gasteiger partial charge in [-0.15, -0.1) is 0 Å². The van der Waals surface area contributed by atoms with Crippen LogP contribution < -0.4 is 0 Å². The second-order valence-electron chi connectivity index (χ2n) is 5.42. The van der Waals surface area contributed by atoms with Gasteiger partial charge in [-0.3, -0.25) is 19.4 Å². The molecule has 1 aliphatic heterocycles. The number of hydrogen-bond acceptors (Lipinski definition) is 4. The summed E-state index contributed by atoms with van der Waals surface area (Å²) in [6, 6.07) is 5.97. The number of rotatable bonds is 7. The maximum Gasteiger partial charge on any atom is 0.294 e. The normalized spacial score (nSPS) is 16.9. The number of halogens is 1. The first-order chi connectivity index (χ1) is 11.0. The van der Waals surface area contributed by atoms with Gasteiger partial charge in [0.25, 0.3) is 11.1 Å². The zero-order valence-corrected chi connectivity index (χ0v) is 14.2. The Morgan fingerprint density at radius 3 is 2.52 bits per heavy atom. The molecule has 23 heavy (non-hydrogen) atoms. The Morgan fingerprint density at radius 2 is 1.91 bits per heavy atom. The lowest BCUT2D eigenvalue weighted by atomic mass is 10.2. The maximum atomic E-state index is 13.2. The number of carbonyl (C=O) groups excluding carboxylic acids is 2. The van der Waals surface area contributed by atoms with Gasteiger partial charge in [-0.05, 0) is 61.5 Å². The lowest BCUT2D eigenvalue weighted by Gasteiger charge is -2.25. The first-order valence-electron chi connectivity index (χ1n) is 7.78. The van der Waals surface area contributed by atoms with E-state index in [2.05, 4.69) is 18.7 Å². The SMILES string of the molecule is CCCN(CCC)CN1C(=O)S/C(=C/c2cccc(F)c2)C1=O. The Morgan fingerprint density at radius 1 is 1.22 bits per heavy atom. The van der Waals surface area contributed by atoms with Crippen molar-refractivity contribution in [2.45, 2.75) is 26.7 Å². The van der Waals surface area contributed by atoms with Crippen LogP contribution in [0.5, 0.6) is 0 Å². The van der Waals surface area contributed by atoms with Crippen LogP contribution >= 0.6 is 11.8 Å². The summed E-state index contributed by atoms with van der Waals surface area (Å²) in [7, 11) is 0. The molecule has 1 aliphatic rings. The molecule has 6 heteroatoms. The Bertz CT molecular complexity index is 612. The number of nitrogens with zero attached hydrogens (tertiary/aromatic N) is 2. The van der Waals surface area contributed by atoms with Crippen LogP contribution in [0, 0.1) is 5.82 Å². The third-order valence-electron chi connectivity index (χ3n) is 3.44. The van der Waals surface area contributed by atoms with Crippen LogP contribution in [-0.2, 0) is 4.79 Å². The van der Waals surface area contributed by atoms with Gasteiger partial charge >= 0.3 is 0 Å². The summed E-state index contributed by atoms with van der Waals surface area (Å²) in [5.41, 5.74) is 0.578. The largest absolute Gasteiger partial charge is 0.294 e. The minimum Gasteiger partial charge on any atom is -0.286 e. The molecule has 0 aliphatic carbocycles. The molecule has 124 valence electrons. The first kappa shape index (κ1) is 17.7. The van der Waals surface area contributed by atoms with Crippen LogP contribution in [0.4, 0.5) is 9.18 Å². The molecule has 4 nitrogen and oxygen atoms in total. The summed E-state index contributed by atoms with van der Waals surface area (Å²) in [5.74, 6) is -0.670. The smallest absolute Gasteiger partial charge is 0.286 e. The highest BCUT2D eigenvalue weighted by molar-refractivity contribution is 8.18. The summed E-state index contributed by atoms with van der Waals surface area (Å²) in [5, 5.41) is -0.269. The van der Waals surface area contributed by atoms with E-state index in [-0.39, 0.29) is 17.0 Å². The zero-order valence-electron chi connectivity index (χ0n) is 13.4. The van der Waals surface area contributed by atoms with Gasteiger partial charge in [0.15, 0.2) is 0 Å². The third-order valence-corrected chi connectivity index (χ3v) is 4.35. The molecule has 1 aromatic carbocycles. The maximum absolute atomic E-state index is 13.2. The molecular weight excluding hydrogens is 315 g/mol.